The number of nitrogens with zero attached hydrogens (tertiary/aromatic N) is 3. The van der Waals surface area contributed by atoms with Crippen molar-refractivity contribution in [3.8, 4) is 0 Å². The summed E-state index contributed by atoms with van der Waals surface area (Å²) in [6.07, 6.45) is -0.0163. The zero-order chi connectivity index (χ0) is 18.4. The van der Waals surface area contributed by atoms with E-state index in [1.807, 2.05) is 13.8 Å². The molecule has 1 heterocycles. The van der Waals surface area contributed by atoms with Gasteiger partial charge >= 0.3 is 5.97 Å². The molecule has 0 fully saturated rings. The lowest BCUT2D eigenvalue weighted by molar-refractivity contribution is -0.137. The van der Waals surface area contributed by atoms with E-state index in [4.69, 9.17) is 9.63 Å². The Bertz CT molecular complexity index is 802. The second-order valence-electron chi connectivity index (χ2n) is 6.00. The van der Waals surface area contributed by atoms with Gasteiger partial charge in [-0.1, -0.05) is 37.2 Å². The lowest BCUT2D eigenvalue weighted by Crippen LogP contribution is -2.34. The van der Waals surface area contributed by atoms with Crippen molar-refractivity contribution in [2.45, 2.75) is 38.1 Å². The van der Waals surface area contributed by atoms with Crippen LogP contribution < -0.4 is 0 Å². The Morgan fingerprint density at radius 2 is 1.96 bits per heavy atom. The molecule has 1 aromatic carbocycles. The van der Waals surface area contributed by atoms with Gasteiger partial charge in [0.15, 0.2) is 5.82 Å². The summed E-state index contributed by atoms with van der Waals surface area (Å²) in [4.78, 5) is 14.9. The van der Waals surface area contributed by atoms with Crippen molar-refractivity contribution in [2.24, 2.45) is 5.92 Å². The number of carboxylic acids is 1. The summed E-state index contributed by atoms with van der Waals surface area (Å²) in [7, 11) is -3.69. The molecular formula is C16H21N3O5S. The van der Waals surface area contributed by atoms with Gasteiger partial charge in [0.05, 0.1) is 17.9 Å². The molecule has 136 valence electrons. The van der Waals surface area contributed by atoms with Crippen molar-refractivity contribution in [1.29, 1.82) is 0 Å². The van der Waals surface area contributed by atoms with Crippen LogP contribution in [0.3, 0.4) is 0 Å². The number of hydrogen-bond donors (Lipinski definition) is 1. The Labute approximate surface area is 146 Å². The van der Waals surface area contributed by atoms with E-state index in [2.05, 4.69) is 10.1 Å². The lowest BCUT2D eigenvalue weighted by Gasteiger charge is -2.22. The standard InChI is InChI=1S/C16H21N3O5S/c1-12(2)10-19(25(22,23)13-6-4-3-5-7-13)11-14-17-15(24-18-14)8-9-16(20)21/h3-7,12H,8-11H2,1-2H3,(H,20,21). The molecule has 0 radical (unpaired) electrons. The van der Waals surface area contributed by atoms with Gasteiger partial charge in [0, 0.05) is 13.0 Å². The highest BCUT2D eigenvalue weighted by Crippen LogP contribution is 2.19. The fourth-order valence-electron chi connectivity index (χ4n) is 2.22. The van der Waals surface area contributed by atoms with Crippen LogP contribution in [0.5, 0.6) is 0 Å². The van der Waals surface area contributed by atoms with E-state index < -0.39 is 16.0 Å². The van der Waals surface area contributed by atoms with E-state index in [-0.39, 0.29) is 41.9 Å². The summed E-state index contributed by atoms with van der Waals surface area (Å²) in [5.74, 6) is -0.468. The van der Waals surface area contributed by atoms with Gasteiger partial charge in [-0.2, -0.15) is 9.29 Å². The van der Waals surface area contributed by atoms with Gasteiger partial charge in [0.25, 0.3) is 0 Å². The maximum atomic E-state index is 12.9. The summed E-state index contributed by atoms with van der Waals surface area (Å²) in [6.45, 7) is 4.10. The summed E-state index contributed by atoms with van der Waals surface area (Å²) >= 11 is 0. The van der Waals surface area contributed by atoms with E-state index >= 15 is 0 Å². The minimum Gasteiger partial charge on any atom is -0.481 e. The molecule has 9 heteroatoms. The minimum absolute atomic E-state index is 0.0357. The highest BCUT2D eigenvalue weighted by atomic mass is 32.2. The molecule has 8 nitrogen and oxygen atoms in total. The summed E-state index contributed by atoms with van der Waals surface area (Å²) < 4.78 is 32.0. The predicted molar refractivity (Wildman–Crippen MR) is 89.1 cm³/mol. The number of benzene rings is 1. The third-order valence-electron chi connectivity index (χ3n) is 3.33. The number of aryl methyl sites for hydroxylation is 1. The SMILES string of the molecule is CC(C)CN(Cc1noc(CCC(=O)O)n1)S(=O)(=O)c1ccccc1. The third kappa shape index (κ3) is 5.36. The van der Waals surface area contributed by atoms with E-state index in [0.717, 1.165) is 0 Å². The molecule has 0 unspecified atom stereocenters. The zero-order valence-electron chi connectivity index (χ0n) is 14.1. The Morgan fingerprint density at radius 3 is 2.56 bits per heavy atom. The van der Waals surface area contributed by atoms with Crippen molar-refractivity contribution >= 4 is 16.0 Å². The van der Waals surface area contributed by atoms with E-state index in [1.54, 1.807) is 18.2 Å². The van der Waals surface area contributed by atoms with Crippen molar-refractivity contribution in [2.75, 3.05) is 6.54 Å². The molecule has 0 aliphatic rings. The molecule has 0 amide bonds. The second kappa shape index (κ2) is 8.21. The molecular weight excluding hydrogens is 346 g/mol. The molecule has 0 spiro atoms. The van der Waals surface area contributed by atoms with Gasteiger partial charge < -0.3 is 9.63 Å². The Hall–Kier alpha value is -2.26. The van der Waals surface area contributed by atoms with Gasteiger partial charge in [-0.15, -0.1) is 0 Å². The minimum atomic E-state index is -3.69. The average molecular weight is 367 g/mol. The molecule has 2 aromatic rings. The number of sulfonamides is 1. The summed E-state index contributed by atoms with van der Waals surface area (Å²) in [5, 5.41) is 12.4. The van der Waals surface area contributed by atoms with Crippen LogP contribution in [0.1, 0.15) is 32.0 Å². The monoisotopic (exact) mass is 367 g/mol. The fraction of sp³-hybridized carbons (Fsp3) is 0.438. The molecule has 1 aromatic heterocycles. The maximum absolute atomic E-state index is 12.9. The molecule has 25 heavy (non-hydrogen) atoms. The van der Waals surface area contributed by atoms with Crippen molar-refractivity contribution in [3.63, 3.8) is 0 Å². The van der Waals surface area contributed by atoms with Crippen LogP contribution >= 0.6 is 0 Å². The first-order valence-corrected chi connectivity index (χ1v) is 9.31. The smallest absolute Gasteiger partial charge is 0.303 e. The predicted octanol–water partition coefficient (Wildman–Crippen LogP) is 1.93. The van der Waals surface area contributed by atoms with Crippen LogP contribution in [-0.2, 0) is 27.8 Å². The van der Waals surface area contributed by atoms with Gasteiger partial charge in [0.2, 0.25) is 15.9 Å². The molecule has 2 rings (SSSR count). The van der Waals surface area contributed by atoms with Gasteiger partial charge in [0.1, 0.15) is 0 Å². The topological polar surface area (TPSA) is 114 Å². The molecule has 0 bridgehead atoms. The average Bonchev–Trinajstić information content (AvgIpc) is 3.00. The number of carbonyl (C=O) groups is 1. The largest absolute Gasteiger partial charge is 0.481 e. The second-order valence-corrected chi connectivity index (χ2v) is 7.94. The highest BCUT2D eigenvalue weighted by molar-refractivity contribution is 7.89. The molecule has 1 N–H and O–H groups in total. The summed E-state index contributed by atoms with van der Waals surface area (Å²) in [5.41, 5.74) is 0. The van der Waals surface area contributed by atoms with Crippen LogP contribution in [0.4, 0.5) is 0 Å². The Morgan fingerprint density at radius 1 is 1.28 bits per heavy atom. The highest BCUT2D eigenvalue weighted by Gasteiger charge is 2.27. The first kappa shape index (κ1) is 19.1. The normalized spacial score (nSPS) is 12.0. The molecule has 0 saturated carbocycles. The number of rotatable bonds is 9. The van der Waals surface area contributed by atoms with E-state index in [1.165, 1.54) is 16.4 Å². The number of aliphatic carboxylic acids is 1. The number of carboxylic acid groups (broad SMARTS) is 1. The maximum Gasteiger partial charge on any atom is 0.303 e. The number of hydrogen-bond acceptors (Lipinski definition) is 6. The van der Waals surface area contributed by atoms with Crippen LogP contribution in [-0.4, -0.2) is 40.5 Å². The van der Waals surface area contributed by atoms with Crippen LogP contribution in [0.15, 0.2) is 39.8 Å². The quantitative estimate of drug-likeness (QED) is 0.720. The van der Waals surface area contributed by atoms with Crippen LogP contribution in [0, 0.1) is 5.92 Å². The lowest BCUT2D eigenvalue weighted by atomic mass is 10.2. The van der Waals surface area contributed by atoms with Crippen molar-refractivity contribution < 1.29 is 22.8 Å². The zero-order valence-corrected chi connectivity index (χ0v) is 14.9. The first-order valence-electron chi connectivity index (χ1n) is 7.87. The molecule has 0 aliphatic carbocycles. The number of aromatic nitrogens is 2. The summed E-state index contributed by atoms with van der Waals surface area (Å²) in [6, 6.07) is 8.16. The third-order valence-corrected chi connectivity index (χ3v) is 5.16. The molecule has 0 atom stereocenters. The van der Waals surface area contributed by atoms with Gasteiger partial charge in [-0.05, 0) is 18.1 Å². The van der Waals surface area contributed by atoms with Gasteiger partial charge in [-0.3, -0.25) is 4.79 Å². The van der Waals surface area contributed by atoms with Crippen molar-refractivity contribution in [1.82, 2.24) is 14.4 Å². The van der Waals surface area contributed by atoms with Crippen LogP contribution in [0.25, 0.3) is 0 Å². The molecule has 0 aliphatic heterocycles. The molecule has 0 saturated heterocycles. The first-order chi connectivity index (χ1) is 11.8. The van der Waals surface area contributed by atoms with E-state index in [9.17, 15) is 13.2 Å². The van der Waals surface area contributed by atoms with Crippen molar-refractivity contribution in [3.05, 3.63) is 42.0 Å². The fourth-order valence-corrected chi connectivity index (χ4v) is 3.80. The van der Waals surface area contributed by atoms with E-state index in [0.29, 0.717) is 6.54 Å². The van der Waals surface area contributed by atoms with Crippen LogP contribution in [0.2, 0.25) is 0 Å². The Balaban J connectivity index is 2.20. The van der Waals surface area contributed by atoms with Gasteiger partial charge in [-0.25, -0.2) is 8.42 Å². The Kier molecular flexibility index (Phi) is 6.27.